The number of amides is 1. The summed E-state index contributed by atoms with van der Waals surface area (Å²) in [5, 5.41) is 5.87. The van der Waals surface area contributed by atoms with E-state index in [9.17, 15) is 4.79 Å². The highest BCUT2D eigenvalue weighted by Crippen LogP contribution is 2.31. The van der Waals surface area contributed by atoms with Gasteiger partial charge in [-0.2, -0.15) is 0 Å². The molecule has 27 heavy (non-hydrogen) atoms. The summed E-state index contributed by atoms with van der Waals surface area (Å²) in [5.41, 5.74) is 4.99. The number of anilines is 1. The van der Waals surface area contributed by atoms with Gasteiger partial charge in [-0.25, -0.2) is 4.98 Å². The first kappa shape index (κ1) is 17.7. The normalized spacial score (nSPS) is 10.7. The summed E-state index contributed by atoms with van der Waals surface area (Å²) in [4.78, 5) is 16.9. The number of hydrogen-bond donors (Lipinski definition) is 1. The van der Waals surface area contributed by atoms with Crippen molar-refractivity contribution in [3.05, 3.63) is 82.0 Å². The highest BCUT2D eigenvalue weighted by molar-refractivity contribution is 9.10. The lowest BCUT2D eigenvalue weighted by atomic mass is 10.1. The maximum absolute atomic E-state index is 12.1. The topological polar surface area (TPSA) is 55.1 Å². The van der Waals surface area contributed by atoms with E-state index in [1.165, 1.54) is 5.56 Å². The Bertz CT molecular complexity index is 1100. The van der Waals surface area contributed by atoms with Gasteiger partial charge in [-0.15, -0.1) is 11.3 Å². The molecule has 4 aromatic rings. The van der Waals surface area contributed by atoms with Crippen LogP contribution < -0.4 is 5.32 Å². The quantitative estimate of drug-likeness (QED) is 0.401. The molecule has 0 spiro atoms. The standard InChI is InChI=1S/C21H15BrN2O2S/c1-13-4-2-3-5-16(13)21-24-17(12-27-21)14-6-8-15(9-7-14)23-20(25)18-10-11-19(22)26-18/h2-12H,1H3,(H,23,25). The van der Waals surface area contributed by atoms with Crippen molar-refractivity contribution in [2.45, 2.75) is 6.92 Å². The Morgan fingerprint density at radius 3 is 2.56 bits per heavy atom. The van der Waals surface area contributed by atoms with Crippen molar-refractivity contribution in [3.63, 3.8) is 0 Å². The van der Waals surface area contributed by atoms with Gasteiger partial charge in [0.1, 0.15) is 5.01 Å². The second-order valence-corrected chi connectivity index (χ2v) is 7.63. The van der Waals surface area contributed by atoms with E-state index in [2.05, 4.69) is 45.7 Å². The second kappa shape index (κ2) is 7.50. The Hall–Kier alpha value is -2.70. The van der Waals surface area contributed by atoms with E-state index in [0.717, 1.165) is 21.8 Å². The molecule has 4 nitrogen and oxygen atoms in total. The maximum atomic E-state index is 12.1. The number of furan rings is 1. The summed E-state index contributed by atoms with van der Waals surface area (Å²) in [7, 11) is 0. The van der Waals surface area contributed by atoms with Crippen molar-refractivity contribution in [2.75, 3.05) is 5.32 Å². The lowest BCUT2D eigenvalue weighted by molar-refractivity contribution is 0.0995. The molecular weight excluding hydrogens is 424 g/mol. The molecule has 1 N–H and O–H groups in total. The molecule has 0 atom stereocenters. The van der Waals surface area contributed by atoms with Crippen molar-refractivity contribution in [2.24, 2.45) is 0 Å². The molecule has 4 rings (SSSR count). The van der Waals surface area contributed by atoms with Crippen LogP contribution in [0.3, 0.4) is 0 Å². The van der Waals surface area contributed by atoms with Gasteiger partial charge in [-0.1, -0.05) is 36.4 Å². The van der Waals surface area contributed by atoms with Crippen LogP contribution in [-0.2, 0) is 0 Å². The summed E-state index contributed by atoms with van der Waals surface area (Å²) in [5.74, 6) is -0.0303. The van der Waals surface area contributed by atoms with Crippen LogP contribution in [0.5, 0.6) is 0 Å². The van der Waals surface area contributed by atoms with Crippen molar-refractivity contribution >= 4 is 38.9 Å². The van der Waals surface area contributed by atoms with Gasteiger partial charge in [0, 0.05) is 22.2 Å². The largest absolute Gasteiger partial charge is 0.444 e. The smallest absolute Gasteiger partial charge is 0.291 e. The third kappa shape index (κ3) is 3.86. The van der Waals surface area contributed by atoms with E-state index in [-0.39, 0.29) is 11.7 Å². The zero-order valence-electron chi connectivity index (χ0n) is 14.4. The van der Waals surface area contributed by atoms with E-state index in [4.69, 9.17) is 9.40 Å². The number of rotatable bonds is 4. The summed E-state index contributed by atoms with van der Waals surface area (Å²) >= 11 is 4.82. The molecule has 0 fully saturated rings. The summed E-state index contributed by atoms with van der Waals surface area (Å²) in [6.45, 7) is 2.09. The van der Waals surface area contributed by atoms with Crippen LogP contribution >= 0.6 is 27.3 Å². The number of halogens is 1. The molecule has 0 aliphatic heterocycles. The van der Waals surface area contributed by atoms with Crippen LogP contribution in [0, 0.1) is 6.92 Å². The Morgan fingerprint density at radius 2 is 1.85 bits per heavy atom. The van der Waals surface area contributed by atoms with E-state index in [1.54, 1.807) is 23.5 Å². The minimum atomic E-state index is -0.288. The predicted molar refractivity (Wildman–Crippen MR) is 112 cm³/mol. The van der Waals surface area contributed by atoms with Gasteiger partial charge in [-0.3, -0.25) is 4.79 Å². The minimum absolute atomic E-state index is 0.258. The van der Waals surface area contributed by atoms with Crippen molar-refractivity contribution < 1.29 is 9.21 Å². The second-order valence-electron chi connectivity index (χ2n) is 5.99. The third-order valence-corrected chi connectivity index (χ3v) is 5.42. The Morgan fingerprint density at radius 1 is 1.07 bits per heavy atom. The maximum Gasteiger partial charge on any atom is 0.291 e. The lowest BCUT2D eigenvalue weighted by Gasteiger charge is -2.04. The Balaban J connectivity index is 1.51. The van der Waals surface area contributed by atoms with Crippen molar-refractivity contribution in [1.82, 2.24) is 4.98 Å². The zero-order chi connectivity index (χ0) is 18.8. The summed E-state index contributed by atoms with van der Waals surface area (Å²) in [6.07, 6.45) is 0. The van der Waals surface area contributed by atoms with Crippen LogP contribution in [-0.4, -0.2) is 10.9 Å². The van der Waals surface area contributed by atoms with Crippen molar-refractivity contribution in [1.29, 1.82) is 0 Å². The number of aromatic nitrogens is 1. The number of hydrogen-bond acceptors (Lipinski definition) is 4. The van der Waals surface area contributed by atoms with Gasteiger partial charge in [0.15, 0.2) is 10.4 Å². The molecule has 134 valence electrons. The molecule has 6 heteroatoms. The lowest BCUT2D eigenvalue weighted by Crippen LogP contribution is -2.10. The first-order valence-electron chi connectivity index (χ1n) is 8.29. The molecule has 0 unspecified atom stereocenters. The van der Waals surface area contributed by atoms with Gasteiger partial charge in [0.25, 0.3) is 5.91 Å². The first-order valence-corrected chi connectivity index (χ1v) is 9.96. The number of benzene rings is 2. The van der Waals surface area contributed by atoms with Crippen LogP contribution in [0.4, 0.5) is 5.69 Å². The fourth-order valence-electron chi connectivity index (χ4n) is 2.70. The zero-order valence-corrected chi connectivity index (χ0v) is 16.8. The predicted octanol–water partition coefficient (Wildman–Crippen LogP) is 6.39. The molecule has 0 aliphatic carbocycles. The highest BCUT2D eigenvalue weighted by Gasteiger charge is 2.12. The summed E-state index contributed by atoms with van der Waals surface area (Å²) in [6, 6.07) is 19.2. The molecule has 0 bridgehead atoms. The average molecular weight is 439 g/mol. The monoisotopic (exact) mass is 438 g/mol. The Labute approximate surface area is 169 Å². The molecule has 0 saturated carbocycles. The van der Waals surface area contributed by atoms with Crippen LogP contribution in [0.1, 0.15) is 16.1 Å². The minimum Gasteiger partial charge on any atom is -0.444 e. The molecule has 2 aromatic carbocycles. The number of nitrogens with one attached hydrogen (secondary N) is 1. The van der Waals surface area contributed by atoms with Crippen LogP contribution in [0.2, 0.25) is 0 Å². The van der Waals surface area contributed by atoms with E-state index >= 15 is 0 Å². The Kier molecular flexibility index (Phi) is 4.92. The van der Waals surface area contributed by atoms with Crippen molar-refractivity contribution in [3.8, 4) is 21.8 Å². The molecule has 0 saturated heterocycles. The van der Waals surface area contributed by atoms with Gasteiger partial charge >= 0.3 is 0 Å². The number of carbonyl (C=O) groups excluding carboxylic acids is 1. The molecule has 2 heterocycles. The van der Waals surface area contributed by atoms with Crippen LogP contribution in [0.15, 0.2) is 75.1 Å². The number of carbonyl (C=O) groups is 1. The molecule has 0 aliphatic rings. The number of aryl methyl sites for hydroxylation is 1. The highest BCUT2D eigenvalue weighted by atomic mass is 79.9. The number of thiazole rings is 1. The van der Waals surface area contributed by atoms with Gasteiger partial charge in [0.2, 0.25) is 0 Å². The fourth-order valence-corrected chi connectivity index (χ4v) is 3.92. The SMILES string of the molecule is Cc1ccccc1-c1nc(-c2ccc(NC(=O)c3ccc(Br)o3)cc2)cs1. The summed E-state index contributed by atoms with van der Waals surface area (Å²) < 4.78 is 5.79. The van der Waals surface area contributed by atoms with E-state index < -0.39 is 0 Å². The molecule has 2 aromatic heterocycles. The fraction of sp³-hybridized carbons (Fsp3) is 0.0476. The first-order chi connectivity index (χ1) is 13.1. The van der Waals surface area contributed by atoms with Gasteiger partial charge in [-0.05, 0) is 52.7 Å². The number of nitrogens with zero attached hydrogens (tertiary/aromatic N) is 1. The molecule has 0 radical (unpaired) electrons. The average Bonchev–Trinajstić information content (AvgIpc) is 3.32. The third-order valence-electron chi connectivity index (χ3n) is 4.12. The van der Waals surface area contributed by atoms with E-state index in [0.29, 0.717) is 10.4 Å². The van der Waals surface area contributed by atoms with Gasteiger partial charge in [0.05, 0.1) is 5.69 Å². The van der Waals surface area contributed by atoms with Gasteiger partial charge < -0.3 is 9.73 Å². The van der Waals surface area contributed by atoms with Crippen LogP contribution in [0.25, 0.3) is 21.8 Å². The van der Waals surface area contributed by atoms with E-state index in [1.807, 2.05) is 36.4 Å². The molecule has 1 amide bonds. The molecular formula is C21H15BrN2O2S.